The number of thiophene rings is 1. The topological polar surface area (TPSA) is 29.9 Å². The molecule has 1 N–H and O–H groups in total. The smallest absolute Gasteiger partial charge is 0.0857 e. The number of nitrogens with one attached hydrogen (secondary N) is 1. The minimum absolute atomic E-state index is 0.0671. The van der Waals surface area contributed by atoms with E-state index in [-0.39, 0.29) is 6.04 Å². The van der Waals surface area contributed by atoms with Crippen LogP contribution in [0, 0.1) is 0 Å². The molecule has 0 aliphatic carbocycles. The summed E-state index contributed by atoms with van der Waals surface area (Å²) in [5, 5.41) is 8.62. The predicted molar refractivity (Wildman–Crippen MR) is 92.8 cm³/mol. The van der Waals surface area contributed by atoms with Crippen LogP contribution in [0.4, 0.5) is 0 Å². The highest BCUT2D eigenvalue weighted by Crippen LogP contribution is 2.39. The third kappa shape index (κ3) is 3.47. The minimum Gasteiger partial charge on any atom is -0.304 e. The Morgan fingerprint density at radius 1 is 1.45 bits per heavy atom. The SMILES string of the molecule is CCCNC(c1cc(Br)c(Br)s1)c1c(Cl)cnn1CC. The zero-order valence-corrected chi connectivity index (χ0v) is 16.0. The van der Waals surface area contributed by atoms with E-state index < -0.39 is 0 Å². The van der Waals surface area contributed by atoms with Gasteiger partial charge in [-0.3, -0.25) is 4.68 Å². The van der Waals surface area contributed by atoms with Crippen molar-refractivity contribution in [2.45, 2.75) is 32.9 Å². The Hall–Kier alpha value is 0.120. The standard InChI is InChI=1S/C13H16Br2ClN3S/c1-3-5-17-11(10-6-8(14)13(15)20-10)12-9(16)7-18-19(12)4-2/h6-7,11,17H,3-5H2,1-2H3. The van der Waals surface area contributed by atoms with Crippen molar-refractivity contribution in [3.63, 3.8) is 0 Å². The van der Waals surface area contributed by atoms with Crippen LogP contribution in [-0.2, 0) is 6.54 Å². The first-order valence-electron chi connectivity index (χ1n) is 6.47. The van der Waals surface area contributed by atoms with Crippen molar-refractivity contribution in [3.8, 4) is 0 Å². The predicted octanol–water partition coefficient (Wildman–Crippen LogP) is 5.23. The first-order valence-corrected chi connectivity index (χ1v) is 9.25. The van der Waals surface area contributed by atoms with Crippen LogP contribution in [0.25, 0.3) is 0 Å². The van der Waals surface area contributed by atoms with Gasteiger partial charge in [-0.1, -0.05) is 18.5 Å². The summed E-state index contributed by atoms with van der Waals surface area (Å²) in [7, 11) is 0. The Labute approximate surface area is 145 Å². The number of hydrogen-bond acceptors (Lipinski definition) is 3. The summed E-state index contributed by atoms with van der Waals surface area (Å²) in [6.07, 6.45) is 2.79. The van der Waals surface area contributed by atoms with Gasteiger partial charge in [-0.05, 0) is 57.8 Å². The van der Waals surface area contributed by atoms with Crippen LogP contribution in [0.5, 0.6) is 0 Å². The molecular weight excluding hydrogens is 425 g/mol. The summed E-state index contributed by atoms with van der Waals surface area (Å²) in [6, 6.07) is 2.20. The van der Waals surface area contributed by atoms with E-state index in [9.17, 15) is 0 Å². The molecule has 2 heterocycles. The van der Waals surface area contributed by atoms with Gasteiger partial charge in [0, 0.05) is 15.9 Å². The Kier molecular flexibility index (Phi) is 6.10. The van der Waals surface area contributed by atoms with Crippen LogP contribution >= 0.6 is 54.8 Å². The van der Waals surface area contributed by atoms with Crippen molar-refractivity contribution in [2.24, 2.45) is 0 Å². The molecule has 20 heavy (non-hydrogen) atoms. The number of aryl methyl sites for hydroxylation is 1. The van der Waals surface area contributed by atoms with E-state index in [1.54, 1.807) is 17.5 Å². The molecule has 0 spiro atoms. The van der Waals surface area contributed by atoms with Gasteiger partial charge in [0.2, 0.25) is 0 Å². The molecule has 2 rings (SSSR count). The third-order valence-corrected chi connectivity index (χ3v) is 6.57. The molecule has 2 aromatic heterocycles. The van der Waals surface area contributed by atoms with Gasteiger partial charge in [-0.2, -0.15) is 5.10 Å². The molecule has 0 amide bonds. The van der Waals surface area contributed by atoms with Gasteiger partial charge in [0.05, 0.1) is 26.7 Å². The van der Waals surface area contributed by atoms with Crippen molar-refractivity contribution in [3.05, 3.63) is 36.1 Å². The van der Waals surface area contributed by atoms with Crippen LogP contribution < -0.4 is 5.32 Å². The lowest BCUT2D eigenvalue weighted by Gasteiger charge is -2.19. The Morgan fingerprint density at radius 3 is 2.75 bits per heavy atom. The molecule has 1 unspecified atom stereocenters. The summed E-state index contributed by atoms with van der Waals surface area (Å²) in [6.45, 7) is 5.97. The number of halogens is 3. The van der Waals surface area contributed by atoms with Crippen molar-refractivity contribution < 1.29 is 0 Å². The van der Waals surface area contributed by atoms with Crippen molar-refractivity contribution in [2.75, 3.05) is 6.54 Å². The molecule has 0 bridgehead atoms. The summed E-state index contributed by atoms with van der Waals surface area (Å²) in [5.41, 5.74) is 1.03. The fraction of sp³-hybridized carbons (Fsp3) is 0.462. The van der Waals surface area contributed by atoms with Gasteiger partial charge in [0.25, 0.3) is 0 Å². The van der Waals surface area contributed by atoms with Gasteiger partial charge in [-0.25, -0.2) is 0 Å². The van der Waals surface area contributed by atoms with Crippen LogP contribution in [0.2, 0.25) is 5.02 Å². The monoisotopic (exact) mass is 439 g/mol. The highest BCUT2D eigenvalue weighted by Gasteiger charge is 2.23. The normalized spacial score (nSPS) is 12.8. The molecule has 0 aromatic carbocycles. The molecule has 0 saturated carbocycles. The maximum Gasteiger partial charge on any atom is 0.0857 e. The van der Waals surface area contributed by atoms with E-state index in [2.05, 4.69) is 62.2 Å². The van der Waals surface area contributed by atoms with Gasteiger partial charge < -0.3 is 5.32 Å². The molecule has 7 heteroatoms. The van der Waals surface area contributed by atoms with Crippen LogP contribution in [-0.4, -0.2) is 16.3 Å². The molecule has 0 saturated heterocycles. The summed E-state index contributed by atoms with van der Waals surface area (Å²) < 4.78 is 4.12. The Morgan fingerprint density at radius 2 is 2.20 bits per heavy atom. The lowest BCUT2D eigenvalue weighted by Crippen LogP contribution is -2.25. The van der Waals surface area contributed by atoms with E-state index in [0.717, 1.165) is 33.5 Å². The number of nitrogens with zero attached hydrogens (tertiary/aromatic N) is 2. The van der Waals surface area contributed by atoms with Crippen molar-refractivity contribution in [1.82, 2.24) is 15.1 Å². The van der Waals surface area contributed by atoms with Crippen LogP contribution in [0.3, 0.4) is 0 Å². The molecule has 3 nitrogen and oxygen atoms in total. The number of rotatable bonds is 6. The highest BCUT2D eigenvalue weighted by atomic mass is 79.9. The highest BCUT2D eigenvalue weighted by molar-refractivity contribution is 9.13. The maximum atomic E-state index is 6.35. The second-order valence-electron chi connectivity index (χ2n) is 4.35. The second kappa shape index (κ2) is 7.40. The zero-order chi connectivity index (χ0) is 14.7. The van der Waals surface area contributed by atoms with Gasteiger partial charge in [-0.15, -0.1) is 11.3 Å². The molecule has 0 fully saturated rings. The van der Waals surface area contributed by atoms with E-state index in [4.69, 9.17) is 11.6 Å². The van der Waals surface area contributed by atoms with E-state index in [0.29, 0.717) is 5.02 Å². The fourth-order valence-electron chi connectivity index (χ4n) is 2.04. The first kappa shape index (κ1) is 16.5. The molecule has 1 atom stereocenters. The van der Waals surface area contributed by atoms with Gasteiger partial charge in [0.15, 0.2) is 0 Å². The largest absolute Gasteiger partial charge is 0.304 e. The molecule has 0 radical (unpaired) electrons. The zero-order valence-electron chi connectivity index (χ0n) is 11.3. The fourth-order valence-corrected chi connectivity index (χ4v) is 4.46. The molecule has 0 aliphatic rings. The van der Waals surface area contributed by atoms with Crippen molar-refractivity contribution in [1.29, 1.82) is 0 Å². The molecule has 2 aromatic rings. The van der Waals surface area contributed by atoms with Crippen molar-refractivity contribution >= 4 is 54.8 Å². The average molecular weight is 442 g/mol. The minimum atomic E-state index is 0.0671. The second-order valence-corrected chi connectivity index (χ2v) is 8.01. The van der Waals surface area contributed by atoms with Crippen LogP contribution in [0.15, 0.2) is 20.5 Å². The lowest BCUT2D eigenvalue weighted by molar-refractivity contribution is 0.534. The summed E-state index contributed by atoms with van der Waals surface area (Å²) in [5.74, 6) is 0. The van der Waals surface area contributed by atoms with Gasteiger partial charge >= 0.3 is 0 Å². The Bertz CT molecular complexity index is 563. The number of aromatic nitrogens is 2. The lowest BCUT2D eigenvalue weighted by atomic mass is 10.1. The Balaban J connectivity index is 2.43. The van der Waals surface area contributed by atoms with Gasteiger partial charge in [0.1, 0.15) is 0 Å². The van der Waals surface area contributed by atoms with E-state index in [1.807, 2.05) is 4.68 Å². The molecule has 110 valence electrons. The third-order valence-electron chi connectivity index (χ3n) is 2.95. The number of hydrogen-bond donors (Lipinski definition) is 1. The molecular formula is C13H16Br2ClN3S. The quantitative estimate of drug-likeness (QED) is 0.665. The first-order chi connectivity index (χ1) is 9.58. The maximum absolute atomic E-state index is 6.35. The van der Waals surface area contributed by atoms with E-state index >= 15 is 0 Å². The summed E-state index contributed by atoms with van der Waals surface area (Å²) in [4.78, 5) is 1.22. The molecule has 0 aliphatic heterocycles. The summed E-state index contributed by atoms with van der Waals surface area (Å²) >= 11 is 15.2. The van der Waals surface area contributed by atoms with Crippen LogP contribution in [0.1, 0.15) is 36.9 Å². The van der Waals surface area contributed by atoms with E-state index in [1.165, 1.54) is 4.88 Å². The average Bonchev–Trinajstić information content (AvgIpc) is 2.95.